The number of hydrogen-bond acceptors (Lipinski definition) is 3. The standard InChI is InChI=1S/C10H11ClFNO2/c11-7-5-8-10(15-4-3-14-8)6(1-2-13)9(7)12/h5H,1-4,13H2. The minimum atomic E-state index is -0.466. The van der Waals surface area contributed by atoms with Crippen LogP contribution in [-0.4, -0.2) is 19.8 Å². The molecule has 3 nitrogen and oxygen atoms in total. The molecule has 2 N–H and O–H groups in total. The number of hydrogen-bond donors (Lipinski definition) is 1. The molecule has 0 unspecified atom stereocenters. The zero-order chi connectivity index (χ0) is 10.8. The van der Waals surface area contributed by atoms with Crippen molar-refractivity contribution in [2.45, 2.75) is 6.42 Å². The molecule has 0 spiro atoms. The van der Waals surface area contributed by atoms with Gasteiger partial charge in [-0.05, 0) is 13.0 Å². The topological polar surface area (TPSA) is 44.5 Å². The van der Waals surface area contributed by atoms with E-state index >= 15 is 0 Å². The van der Waals surface area contributed by atoms with Crippen LogP contribution < -0.4 is 15.2 Å². The quantitative estimate of drug-likeness (QED) is 0.844. The van der Waals surface area contributed by atoms with Gasteiger partial charge in [0.15, 0.2) is 11.5 Å². The second-order valence-electron chi connectivity index (χ2n) is 3.21. The Balaban J connectivity index is 2.52. The van der Waals surface area contributed by atoms with Crippen LogP contribution in [0.3, 0.4) is 0 Å². The molecule has 0 radical (unpaired) electrons. The highest BCUT2D eigenvalue weighted by atomic mass is 35.5. The number of nitrogens with two attached hydrogens (primary N) is 1. The SMILES string of the molecule is NCCc1c(F)c(Cl)cc2c1OCCO2. The van der Waals surface area contributed by atoms with Crippen LogP contribution in [0.5, 0.6) is 11.5 Å². The van der Waals surface area contributed by atoms with Crippen molar-refractivity contribution in [3.63, 3.8) is 0 Å². The Hall–Kier alpha value is -1.00. The van der Waals surface area contributed by atoms with Gasteiger partial charge in [-0.15, -0.1) is 0 Å². The highest BCUT2D eigenvalue weighted by Crippen LogP contribution is 2.39. The Morgan fingerprint density at radius 1 is 1.40 bits per heavy atom. The molecule has 2 rings (SSSR count). The van der Waals surface area contributed by atoms with Crippen molar-refractivity contribution in [1.29, 1.82) is 0 Å². The summed E-state index contributed by atoms with van der Waals surface area (Å²) in [5, 5.41) is 0.0442. The van der Waals surface area contributed by atoms with E-state index in [9.17, 15) is 4.39 Å². The molecule has 1 aliphatic heterocycles. The smallest absolute Gasteiger partial charge is 0.167 e. The van der Waals surface area contributed by atoms with Crippen molar-refractivity contribution >= 4 is 11.6 Å². The second-order valence-corrected chi connectivity index (χ2v) is 3.62. The monoisotopic (exact) mass is 231 g/mol. The van der Waals surface area contributed by atoms with Crippen LogP contribution in [0, 0.1) is 5.82 Å². The molecule has 15 heavy (non-hydrogen) atoms. The lowest BCUT2D eigenvalue weighted by Crippen LogP contribution is -2.18. The summed E-state index contributed by atoms with van der Waals surface area (Å²) < 4.78 is 24.3. The highest BCUT2D eigenvalue weighted by molar-refractivity contribution is 6.31. The lowest BCUT2D eigenvalue weighted by molar-refractivity contribution is 0.169. The molecular formula is C10H11ClFNO2. The summed E-state index contributed by atoms with van der Waals surface area (Å²) in [4.78, 5) is 0. The average molecular weight is 232 g/mol. The maximum absolute atomic E-state index is 13.7. The van der Waals surface area contributed by atoms with Gasteiger partial charge in [0, 0.05) is 11.6 Å². The van der Waals surface area contributed by atoms with E-state index < -0.39 is 5.82 Å². The third-order valence-corrected chi connectivity index (χ3v) is 2.49. The molecule has 1 aromatic carbocycles. The van der Waals surface area contributed by atoms with E-state index in [0.717, 1.165) is 0 Å². The number of ether oxygens (including phenoxy) is 2. The number of benzene rings is 1. The molecule has 0 aliphatic carbocycles. The van der Waals surface area contributed by atoms with Crippen LogP contribution in [0.4, 0.5) is 4.39 Å². The minimum Gasteiger partial charge on any atom is -0.486 e. The molecule has 1 aromatic rings. The summed E-state index contributed by atoms with van der Waals surface area (Å²) in [6, 6.07) is 1.44. The average Bonchev–Trinajstić information content (AvgIpc) is 2.25. The summed E-state index contributed by atoms with van der Waals surface area (Å²) in [5.74, 6) is 0.469. The molecule has 1 heterocycles. The largest absolute Gasteiger partial charge is 0.486 e. The fourth-order valence-electron chi connectivity index (χ4n) is 1.56. The molecule has 0 saturated heterocycles. The molecule has 0 bridgehead atoms. The van der Waals surface area contributed by atoms with Gasteiger partial charge in [-0.25, -0.2) is 4.39 Å². The second kappa shape index (κ2) is 4.24. The van der Waals surface area contributed by atoms with E-state index in [-0.39, 0.29) is 5.02 Å². The van der Waals surface area contributed by atoms with Crippen LogP contribution >= 0.6 is 11.6 Å². The van der Waals surface area contributed by atoms with Gasteiger partial charge >= 0.3 is 0 Å². The van der Waals surface area contributed by atoms with Gasteiger partial charge < -0.3 is 15.2 Å². The maximum Gasteiger partial charge on any atom is 0.167 e. The molecular weight excluding hydrogens is 221 g/mol. The van der Waals surface area contributed by atoms with Gasteiger partial charge in [0.1, 0.15) is 19.0 Å². The summed E-state index contributed by atoms with van der Waals surface area (Å²) in [6.07, 6.45) is 0.387. The van der Waals surface area contributed by atoms with Crippen LogP contribution in [0.2, 0.25) is 5.02 Å². The number of fused-ring (bicyclic) bond motifs is 1. The molecule has 1 aliphatic rings. The molecule has 0 saturated carbocycles. The van der Waals surface area contributed by atoms with E-state index in [2.05, 4.69) is 0 Å². The van der Waals surface area contributed by atoms with Gasteiger partial charge in [0.25, 0.3) is 0 Å². The Labute approximate surface area is 91.9 Å². The van der Waals surface area contributed by atoms with E-state index in [1.165, 1.54) is 6.07 Å². The molecule has 0 amide bonds. The number of halogens is 2. The van der Waals surface area contributed by atoms with Gasteiger partial charge in [-0.3, -0.25) is 0 Å². The third-order valence-electron chi connectivity index (χ3n) is 2.21. The van der Waals surface area contributed by atoms with Crippen molar-refractivity contribution in [2.24, 2.45) is 5.73 Å². The first-order valence-corrected chi connectivity index (χ1v) is 5.08. The molecule has 0 fully saturated rings. The van der Waals surface area contributed by atoms with E-state index in [1.54, 1.807) is 0 Å². The lowest BCUT2D eigenvalue weighted by atomic mass is 10.1. The van der Waals surface area contributed by atoms with E-state index in [1.807, 2.05) is 0 Å². The van der Waals surface area contributed by atoms with Crippen LogP contribution in [0.1, 0.15) is 5.56 Å². The summed E-state index contributed by atoms with van der Waals surface area (Å²) in [7, 11) is 0. The Kier molecular flexibility index (Phi) is 2.98. The van der Waals surface area contributed by atoms with Crippen molar-refractivity contribution in [2.75, 3.05) is 19.8 Å². The summed E-state index contributed by atoms with van der Waals surface area (Å²) in [5.41, 5.74) is 5.81. The first-order chi connectivity index (χ1) is 7.24. The summed E-state index contributed by atoms with van der Waals surface area (Å²) >= 11 is 5.74. The van der Waals surface area contributed by atoms with Crippen LogP contribution in [0.25, 0.3) is 0 Å². The first kappa shape index (κ1) is 10.5. The predicted molar refractivity (Wildman–Crippen MR) is 55.2 cm³/mol. The normalized spacial score (nSPS) is 14.1. The minimum absolute atomic E-state index is 0.0442. The van der Waals surface area contributed by atoms with Gasteiger partial charge in [-0.1, -0.05) is 11.6 Å². The molecule has 0 atom stereocenters. The summed E-state index contributed by atoms with van der Waals surface area (Å²) in [6.45, 7) is 1.22. The number of rotatable bonds is 2. The van der Waals surface area contributed by atoms with Crippen molar-refractivity contribution in [3.8, 4) is 11.5 Å². The van der Waals surface area contributed by atoms with Gasteiger partial charge in [-0.2, -0.15) is 0 Å². The zero-order valence-electron chi connectivity index (χ0n) is 8.06. The highest BCUT2D eigenvalue weighted by Gasteiger charge is 2.21. The Bertz CT molecular complexity index is 384. The maximum atomic E-state index is 13.7. The van der Waals surface area contributed by atoms with Crippen LogP contribution in [0.15, 0.2) is 6.07 Å². The predicted octanol–water partition coefficient (Wildman–Crippen LogP) is 1.75. The van der Waals surface area contributed by atoms with Crippen LogP contribution in [-0.2, 0) is 6.42 Å². The molecule has 5 heteroatoms. The van der Waals surface area contributed by atoms with E-state index in [0.29, 0.717) is 43.2 Å². The van der Waals surface area contributed by atoms with Crippen molar-refractivity contribution in [3.05, 3.63) is 22.5 Å². The zero-order valence-corrected chi connectivity index (χ0v) is 8.81. The third kappa shape index (κ3) is 1.87. The molecule has 0 aromatic heterocycles. The first-order valence-electron chi connectivity index (χ1n) is 4.70. The fourth-order valence-corrected chi connectivity index (χ4v) is 1.78. The van der Waals surface area contributed by atoms with Crippen molar-refractivity contribution in [1.82, 2.24) is 0 Å². The van der Waals surface area contributed by atoms with E-state index in [4.69, 9.17) is 26.8 Å². The Morgan fingerprint density at radius 3 is 2.87 bits per heavy atom. The van der Waals surface area contributed by atoms with Gasteiger partial charge in [0.2, 0.25) is 0 Å². The fraction of sp³-hybridized carbons (Fsp3) is 0.400. The van der Waals surface area contributed by atoms with Gasteiger partial charge in [0.05, 0.1) is 5.02 Å². The van der Waals surface area contributed by atoms with Crippen molar-refractivity contribution < 1.29 is 13.9 Å². The molecule has 82 valence electrons. The lowest BCUT2D eigenvalue weighted by Gasteiger charge is -2.21. The Morgan fingerprint density at radius 2 is 2.13 bits per heavy atom.